The van der Waals surface area contributed by atoms with Gasteiger partial charge in [0, 0.05) is 36.0 Å². The SMILES string of the molecule is Cc1cc(C[C@@H](NC(=O)N2CCC(c3cc4ccccc4[nH]c3=O)CC2)C(=O)O)cc2cn[nH]c12. The highest BCUT2D eigenvalue weighted by Gasteiger charge is 2.28. The highest BCUT2D eigenvalue weighted by atomic mass is 16.4. The van der Waals surface area contributed by atoms with Crippen molar-refractivity contribution < 1.29 is 14.7 Å². The molecule has 3 heterocycles. The van der Waals surface area contributed by atoms with Crippen molar-refractivity contribution in [3.05, 3.63) is 75.7 Å². The van der Waals surface area contributed by atoms with Crippen molar-refractivity contribution >= 4 is 33.8 Å². The zero-order valence-electron chi connectivity index (χ0n) is 19.4. The number of aryl methyl sites for hydroxylation is 1. The van der Waals surface area contributed by atoms with Crippen molar-refractivity contribution in [1.29, 1.82) is 0 Å². The van der Waals surface area contributed by atoms with E-state index in [0.29, 0.717) is 25.9 Å². The van der Waals surface area contributed by atoms with E-state index in [1.807, 2.05) is 49.4 Å². The fourth-order valence-electron chi connectivity index (χ4n) is 4.97. The van der Waals surface area contributed by atoms with E-state index in [1.54, 1.807) is 11.1 Å². The molecule has 4 aromatic rings. The molecule has 1 saturated heterocycles. The summed E-state index contributed by atoms with van der Waals surface area (Å²) in [6.07, 6.45) is 3.16. The standard InChI is InChI=1S/C26H27N5O4/c1-15-10-16(11-19-14-27-30-23(15)19)12-22(25(33)34)29-26(35)31-8-6-17(7-9-31)20-13-18-4-2-3-5-21(18)28-24(20)32/h2-5,10-11,13-14,17,22H,6-9,12H2,1H3,(H,27,30)(H,28,32)(H,29,35)(H,33,34)/t22-/m1/s1. The number of H-pyrrole nitrogens is 2. The Morgan fingerprint density at radius 1 is 1.17 bits per heavy atom. The van der Waals surface area contributed by atoms with Gasteiger partial charge < -0.3 is 20.3 Å². The predicted molar refractivity (Wildman–Crippen MR) is 133 cm³/mol. The number of aromatic amines is 2. The monoisotopic (exact) mass is 473 g/mol. The van der Waals surface area contributed by atoms with E-state index < -0.39 is 18.0 Å². The molecule has 2 aromatic heterocycles. The van der Waals surface area contributed by atoms with Gasteiger partial charge in [-0.25, -0.2) is 9.59 Å². The Hall–Kier alpha value is -4.14. The van der Waals surface area contributed by atoms with Gasteiger partial charge in [-0.05, 0) is 60.4 Å². The molecule has 9 nitrogen and oxygen atoms in total. The number of aliphatic carboxylic acids is 1. The molecule has 0 radical (unpaired) electrons. The van der Waals surface area contributed by atoms with Crippen LogP contribution in [0.15, 0.2) is 53.5 Å². The number of carbonyl (C=O) groups excluding carboxylic acids is 1. The molecule has 1 aliphatic rings. The lowest BCUT2D eigenvalue weighted by Gasteiger charge is -2.32. The summed E-state index contributed by atoms with van der Waals surface area (Å²) in [6, 6.07) is 12.0. The Labute approximate surface area is 201 Å². The maximum absolute atomic E-state index is 12.9. The van der Waals surface area contributed by atoms with Crippen LogP contribution in [0, 0.1) is 6.92 Å². The Balaban J connectivity index is 1.24. The predicted octanol–water partition coefficient (Wildman–Crippen LogP) is 3.30. The minimum absolute atomic E-state index is 0.0485. The number of para-hydroxylation sites is 1. The van der Waals surface area contributed by atoms with Gasteiger partial charge in [-0.3, -0.25) is 9.89 Å². The van der Waals surface area contributed by atoms with Crippen LogP contribution in [0.2, 0.25) is 0 Å². The number of carboxylic acid groups (broad SMARTS) is 1. The lowest BCUT2D eigenvalue weighted by molar-refractivity contribution is -0.139. The van der Waals surface area contributed by atoms with Gasteiger partial charge in [-0.2, -0.15) is 5.10 Å². The Morgan fingerprint density at radius 2 is 1.94 bits per heavy atom. The van der Waals surface area contributed by atoms with Gasteiger partial charge in [0.15, 0.2) is 0 Å². The molecule has 0 bridgehead atoms. The van der Waals surface area contributed by atoms with Crippen molar-refractivity contribution in [2.45, 2.75) is 38.1 Å². The third-order valence-corrected chi connectivity index (χ3v) is 6.85. The molecular formula is C26H27N5O4. The van der Waals surface area contributed by atoms with Crippen LogP contribution in [0.5, 0.6) is 0 Å². The summed E-state index contributed by atoms with van der Waals surface area (Å²) in [4.78, 5) is 42.0. The lowest BCUT2D eigenvalue weighted by Crippen LogP contribution is -2.50. The number of nitrogens with zero attached hydrogens (tertiary/aromatic N) is 2. The second-order valence-electron chi connectivity index (χ2n) is 9.19. The van der Waals surface area contributed by atoms with Crippen molar-refractivity contribution in [2.75, 3.05) is 13.1 Å². The van der Waals surface area contributed by atoms with Gasteiger partial charge in [-0.1, -0.05) is 24.3 Å². The molecule has 1 atom stereocenters. The van der Waals surface area contributed by atoms with Gasteiger partial charge in [0.2, 0.25) is 0 Å². The molecular weight excluding hydrogens is 446 g/mol. The molecule has 9 heteroatoms. The molecule has 4 N–H and O–H groups in total. The second-order valence-corrected chi connectivity index (χ2v) is 9.19. The molecule has 1 aliphatic heterocycles. The van der Waals surface area contributed by atoms with E-state index in [0.717, 1.165) is 38.5 Å². The van der Waals surface area contributed by atoms with Crippen LogP contribution < -0.4 is 10.9 Å². The van der Waals surface area contributed by atoms with E-state index in [4.69, 9.17) is 0 Å². The molecule has 0 spiro atoms. The fraction of sp³-hybridized carbons (Fsp3) is 0.308. The molecule has 0 saturated carbocycles. The average molecular weight is 474 g/mol. The number of hydrogen-bond donors (Lipinski definition) is 4. The average Bonchev–Trinajstić information content (AvgIpc) is 3.32. The Kier molecular flexibility index (Phi) is 5.98. The summed E-state index contributed by atoms with van der Waals surface area (Å²) >= 11 is 0. The topological polar surface area (TPSA) is 131 Å². The molecule has 0 aliphatic carbocycles. The normalized spacial score (nSPS) is 15.4. The van der Waals surface area contributed by atoms with Crippen LogP contribution in [0.1, 0.15) is 35.4 Å². The molecule has 5 rings (SSSR count). The van der Waals surface area contributed by atoms with E-state index in [1.165, 1.54) is 0 Å². The largest absolute Gasteiger partial charge is 0.480 e. The van der Waals surface area contributed by atoms with Crippen LogP contribution in [-0.4, -0.2) is 56.3 Å². The number of amides is 2. The number of fused-ring (bicyclic) bond motifs is 2. The molecule has 0 unspecified atom stereocenters. The highest BCUT2D eigenvalue weighted by molar-refractivity contribution is 5.84. The molecule has 2 aromatic carbocycles. The first-order valence-corrected chi connectivity index (χ1v) is 11.7. The first-order chi connectivity index (χ1) is 16.9. The van der Waals surface area contributed by atoms with Crippen molar-refractivity contribution in [2.24, 2.45) is 0 Å². The third-order valence-electron chi connectivity index (χ3n) is 6.85. The minimum atomic E-state index is -1.08. The van der Waals surface area contributed by atoms with Crippen molar-refractivity contribution in [3.8, 4) is 0 Å². The number of benzene rings is 2. The Morgan fingerprint density at radius 3 is 2.71 bits per heavy atom. The number of rotatable bonds is 5. The maximum Gasteiger partial charge on any atom is 0.326 e. The van der Waals surface area contributed by atoms with Gasteiger partial charge in [0.05, 0.1) is 11.7 Å². The smallest absolute Gasteiger partial charge is 0.326 e. The van der Waals surface area contributed by atoms with Crippen LogP contribution in [0.4, 0.5) is 4.79 Å². The van der Waals surface area contributed by atoms with E-state index in [-0.39, 0.29) is 17.9 Å². The number of aromatic nitrogens is 3. The van der Waals surface area contributed by atoms with Crippen LogP contribution >= 0.6 is 0 Å². The van der Waals surface area contributed by atoms with Gasteiger partial charge in [0.1, 0.15) is 6.04 Å². The number of piperidine rings is 1. The highest BCUT2D eigenvalue weighted by Crippen LogP contribution is 2.27. The van der Waals surface area contributed by atoms with Gasteiger partial charge in [0.25, 0.3) is 5.56 Å². The summed E-state index contributed by atoms with van der Waals surface area (Å²) in [5.41, 5.74) is 4.15. The van der Waals surface area contributed by atoms with Crippen molar-refractivity contribution in [1.82, 2.24) is 25.4 Å². The minimum Gasteiger partial charge on any atom is -0.480 e. The zero-order valence-corrected chi connectivity index (χ0v) is 19.4. The number of urea groups is 1. The fourth-order valence-corrected chi connectivity index (χ4v) is 4.97. The molecule has 35 heavy (non-hydrogen) atoms. The Bertz CT molecular complexity index is 1470. The van der Waals surface area contributed by atoms with Gasteiger partial charge in [-0.15, -0.1) is 0 Å². The van der Waals surface area contributed by atoms with Crippen molar-refractivity contribution in [3.63, 3.8) is 0 Å². The number of likely N-dealkylation sites (tertiary alicyclic amines) is 1. The van der Waals surface area contributed by atoms with E-state index >= 15 is 0 Å². The lowest BCUT2D eigenvalue weighted by atomic mass is 9.89. The summed E-state index contributed by atoms with van der Waals surface area (Å²) in [5, 5.41) is 21.3. The number of hydrogen-bond acceptors (Lipinski definition) is 4. The number of nitrogens with one attached hydrogen (secondary N) is 3. The zero-order chi connectivity index (χ0) is 24.5. The van der Waals surface area contributed by atoms with E-state index in [2.05, 4.69) is 20.5 Å². The molecule has 180 valence electrons. The van der Waals surface area contributed by atoms with E-state index in [9.17, 15) is 19.5 Å². The molecule has 2 amide bonds. The summed E-state index contributed by atoms with van der Waals surface area (Å²) in [6.45, 7) is 2.84. The number of carboxylic acids is 1. The van der Waals surface area contributed by atoms with Crippen LogP contribution in [0.3, 0.4) is 0 Å². The first kappa shape index (κ1) is 22.6. The second kappa shape index (κ2) is 9.25. The van der Waals surface area contributed by atoms with Crippen LogP contribution in [0.25, 0.3) is 21.8 Å². The maximum atomic E-state index is 12.9. The van der Waals surface area contributed by atoms with Gasteiger partial charge >= 0.3 is 12.0 Å². The summed E-state index contributed by atoms with van der Waals surface area (Å²) in [5.74, 6) is -1.03. The van der Waals surface area contributed by atoms with Crippen LogP contribution in [-0.2, 0) is 11.2 Å². The third kappa shape index (κ3) is 4.62. The quantitative estimate of drug-likeness (QED) is 0.353. The summed E-state index contributed by atoms with van der Waals surface area (Å²) < 4.78 is 0. The molecule has 1 fully saturated rings. The number of carbonyl (C=O) groups is 2. The number of pyridine rings is 1. The summed E-state index contributed by atoms with van der Waals surface area (Å²) in [7, 11) is 0. The first-order valence-electron chi connectivity index (χ1n) is 11.7.